The van der Waals surface area contributed by atoms with Crippen molar-refractivity contribution in [3.05, 3.63) is 64.7 Å². The predicted octanol–water partition coefficient (Wildman–Crippen LogP) is 3.83. The molecule has 4 heteroatoms. The quantitative estimate of drug-likeness (QED) is 0.528. The van der Waals surface area contributed by atoms with E-state index in [1.807, 2.05) is 6.07 Å². The van der Waals surface area contributed by atoms with Crippen molar-refractivity contribution in [2.75, 3.05) is 12.8 Å². The molecule has 0 saturated carbocycles. The van der Waals surface area contributed by atoms with E-state index in [1.165, 1.54) is 6.08 Å². The number of halogens is 1. The van der Waals surface area contributed by atoms with Gasteiger partial charge in [-0.1, -0.05) is 23.7 Å². The highest BCUT2D eigenvalue weighted by Crippen LogP contribution is 2.22. The van der Waals surface area contributed by atoms with E-state index in [9.17, 15) is 4.79 Å². The van der Waals surface area contributed by atoms with E-state index in [4.69, 9.17) is 22.1 Å². The van der Waals surface area contributed by atoms with Gasteiger partial charge in [-0.15, -0.1) is 0 Å². The fourth-order valence-corrected chi connectivity index (χ4v) is 1.84. The molecule has 0 radical (unpaired) electrons. The molecule has 0 heterocycles. The van der Waals surface area contributed by atoms with Crippen LogP contribution in [-0.2, 0) is 0 Å². The summed E-state index contributed by atoms with van der Waals surface area (Å²) in [5, 5.41) is 0.605. The number of allylic oxidation sites excluding steroid dienone is 1. The Balaban J connectivity index is 2.16. The minimum atomic E-state index is -0.0857. The maximum Gasteiger partial charge on any atom is 0.185 e. The first-order chi connectivity index (χ1) is 9.60. The summed E-state index contributed by atoms with van der Waals surface area (Å²) >= 11 is 5.78. The first-order valence-electron chi connectivity index (χ1n) is 6.01. The lowest BCUT2D eigenvalue weighted by molar-refractivity contribution is 0.104. The Morgan fingerprint density at radius 2 is 1.90 bits per heavy atom. The highest BCUT2D eigenvalue weighted by atomic mass is 35.5. The molecule has 0 fully saturated rings. The second-order valence-electron chi connectivity index (χ2n) is 4.21. The van der Waals surface area contributed by atoms with Crippen LogP contribution in [0, 0.1) is 0 Å². The number of carbonyl (C=O) groups is 1. The van der Waals surface area contributed by atoms with Crippen molar-refractivity contribution in [1.82, 2.24) is 0 Å². The minimum absolute atomic E-state index is 0.0857. The maximum atomic E-state index is 12.0. The molecule has 0 atom stereocenters. The Bertz CT molecular complexity index is 648. The van der Waals surface area contributed by atoms with Crippen LogP contribution in [0.25, 0.3) is 6.08 Å². The summed E-state index contributed by atoms with van der Waals surface area (Å²) in [5.74, 6) is 0.503. The lowest BCUT2D eigenvalue weighted by atomic mass is 10.1. The zero-order chi connectivity index (χ0) is 14.5. The molecule has 2 aromatic carbocycles. The van der Waals surface area contributed by atoms with Gasteiger partial charge in [0.25, 0.3) is 0 Å². The maximum absolute atomic E-state index is 12.0. The number of methoxy groups -OCH3 is 1. The number of carbonyl (C=O) groups excluding carboxylic acids is 1. The Labute approximate surface area is 122 Å². The molecule has 0 aromatic heterocycles. The molecule has 0 amide bonds. The van der Waals surface area contributed by atoms with E-state index >= 15 is 0 Å². The second-order valence-corrected chi connectivity index (χ2v) is 4.64. The normalized spacial score (nSPS) is 10.7. The summed E-state index contributed by atoms with van der Waals surface area (Å²) < 4.78 is 5.13. The monoisotopic (exact) mass is 287 g/mol. The molecule has 2 N–H and O–H groups in total. The van der Waals surface area contributed by atoms with Gasteiger partial charge in [0.2, 0.25) is 0 Å². The van der Waals surface area contributed by atoms with Gasteiger partial charge < -0.3 is 10.5 Å². The highest BCUT2D eigenvalue weighted by Gasteiger charge is 2.02. The summed E-state index contributed by atoms with van der Waals surface area (Å²) in [4.78, 5) is 12.0. The van der Waals surface area contributed by atoms with Gasteiger partial charge in [-0.25, -0.2) is 0 Å². The molecule has 2 aromatic rings. The number of rotatable bonds is 4. The van der Waals surface area contributed by atoms with Gasteiger partial charge in [-0.2, -0.15) is 0 Å². The van der Waals surface area contributed by atoms with Gasteiger partial charge in [0.15, 0.2) is 5.78 Å². The van der Waals surface area contributed by atoms with Crippen LogP contribution in [-0.4, -0.2) is 12.9 Å². The number of ether oxygens (including phenoxy) is 1. The topological polar surface area (TPSA) is 52.3 Å². The molecule has 0 aliphatic heterocycles. The van der Waals surface area contributed by atoms with Crippen molar-refractivity contribution in [1.29, 1.82) is 0 Å². The number of hydrogen-bond donors (Lipinski definition) is 1. The minimum Gasteiger partial charge on any atom is -0.495 e. The van der Waals surface area contributed by atoms with Gasteiger partial charge in [-0.05, 0) is 48.0 Å². The van der Waals surface area contributed by atoms with Crippen molar-refractivity contribution >= 4 is 29.1 Å². The third kappa shape index (κ3) is 3.39. The van der Waals surface area contributed by atoms with Gasteiger partial charge in [-0.3, -0.25) is 4.79 Å². The molecule has 0 saturated heterocycles. The van der Waals surface area contributed by atoms with Crippen LogP contribution in [0.2, 0.25) is 5.02 Å². The Morgan fingerprint density at radius 3 is 2.55 bits per heavy atom. The van der Waals surface area contributed by atoms with E-state index in [0.29, 0.717) is 22.0 Å². The smallest absolute Gasteiger partial charge is 0.185 e. The lowest BCUT2D eigenvalue weighted by Gasteiger charge is -2.04. The summed E-state index contributed by atoms with van der Waals surface area (Å²) in [5.41, 5.74) is 7.73. The van der Waals surface area contributed by atoms with Gasteiger partial charge >= 0.3 is 0 Å². The SMILES string of the molecule is COc1cc(/C=C/C(=O)c2ccc(Cl)cc2)ccc1N. The van der Waals surface area contributed by atoms with Crippen LogP contribution in [0.15, 0.2) is 48.5 Å². The average molecular weight is 288 g/mol. The number of benzene rings is 2. The first kappa shape index (κ1) is 14.2. The summed E-state index contributed by atoms with van der Waals surface area (Å²) in [6.45, 7) is 0. The second kappa shape index (κ2) is 6.26. The third-order valence-electron chi connectivity index (χ3n) is 2.81. The molecule has 0 aliphatic rings. The van der Waals surface area contributed by atoms with E-state index in [-0.39, 0.29) is 5.78 Å². The average Bonchev–Trinajstić information content (AvgIpc) is 2.46. The van der Waals surface area contributed by atoms with E-state index in [0.717, 1.165) is 5.56 Å². The van der Waals surface area contributed by atoms with Gasteiger partial charge in [0, 0.05) is 10.6 Å². The molecule has 0 unspecified atom stereocenters. The summed E-state index contributed by atoms with van der Waals surface area (Å²) in [6.07, 6.45) is 3.23. The fraction of sp³-hybridized carbons (Fsp3) is 0.0625. The van der Waals surface area contributed by atoms with Gasteiger partial charge in [0.1, 0.15) is 5.75 Å². The number of ketones is 1. The lowest BCUT2D eigenvalue weighted by Crippen LogP contribution is -1.94. The van der Waals surface area contributed by atoms with Crippen molar-refractivity contribution in [3.8, 4) is 5.75 Å². The molecule has 0 bridgehead atoms. The van der Waals surface area contributed by atoms with E-state index in [1.54, 1.807) is 49.6 Å². The Kier molecular flexibility index (Phi) is 4.43. The molecule has 102 valence electrons. The first-order valence-corrected chi connectivity index (χ1v) is 6.39. The number of nitrogen functional groups attached to an aromatic ring is 1. The fourth-order valence-electron chi connectivity index (χ4n) is 1.71. The van der Waals surface area contributed by atoms with Crippen molar-refractivity contribution in [3.63, 3.8) is 0 Å². The Morgan fingerprint density at radius 1 is 1.20 bits per heavy atom. The predicted molar refractivity (Wildman–Crippen MR) is 82.2 cm³/mol. The van der Waals surface area contributed by atoms with Crippen molar-refractivity contribution < 1.29 is 9.53 Å². The highest BCUT2D eigenvalue weighted by molar-refractivity contribution is 6.30. The molecule has 0 aliphatic carbocycles. The largest absolute Gasteiger partial charge is 0.495 e. The summed E-state index contributed by atoms with van der Waals surface area (Å²) in [7, 11) is 1.55. The molecule has 3 nitrogen and oxygen atoms in total. The van der Waals surface area contributed by atoms with Crippen LogP contribution >= 0.6 is 11.6 Å². The zero-order valence-corrected chi connectivity index (χ0v) is 11.7. The van der Waals surface area contributed by atoms with Crippen LogP contribution in [0.4, 0.5) is 5.69 Å². The molecule has 0 spiro atoms. The molecule has 20 heavy (non-hydrogen) atoms. The van der Waals surface area contributed by atoms with E-state index < -0.39 is 0 Å². The Hall–Kier alpha value is -2.26. The number of nitrogens with two attached hydrogens (primary N) is 1. The van der Waals surface area contributed by atoms with Crippen molar-refractivity contribution in [2.45, 2.75) is 0 Å². The molecule has 2 rings (SSSR count). The van der Waals surface area contributed by atoms with Gasteiger partial charge in [0.05, 0.1) is 12.8 Å². The number of hydrogen-bond acceptors (Lipinski definition) is 3. The third-order valence-corrected chi connectivity index (χ3v) is 3.07. The molecular formula is C16H14ClNO2. The number of anilines is 1. The standard InChI is InChI=1S/C16H14ClNO2/c1-20-16-10-11(2-8-14(16)18)3-9-15(19)12-4-6-13(17)7-5-12/h2-10H,18H2,1H3/b9-3+. The van der Waals surface area contributed by atoms with Crippen LogP contribution < -0.4 is 10.5 Å². The van der Waals surface area contributed by atoms with Crippen molar-refractivity contribution in [2.24, 2.45) is 0 Å². The van der Waals surface area contributed by atoms with Crippen LogP contribution in [0.5, 0.6) is 5.75 Å². The molecular weight excluding hydrogens is 274 g/mol. The van der Waals surface area contributed by atoms with Crippen LogP contribution in [0.3, 0.4) is 0 Å². The zero-order valence-electron chi connectivity index (χ0n) is 11.0. The summed E-state index contributed by atoms with van der Waals surface area (Å²) in [6, 6.07) is 12.1. The van der Waals surface area contributed by atoms with Crippen LogP contribution in [0.1, 0.15) is 15.9 Å². The van der Waals surface area contributed by atoms with E-state index in [2.05, 4.69) is 0 Å².